The predicted octanol–water partition coefficient (Wildman–Crippen LogP) is 3.67. The topological polar surface area (TPSA) is 81.9 Å². The zero-order chi connectivity index (χ0) is 20.8. The van der Waals surface area contributed by atoms with Gasteiger partial charge in [-0.15, -0.1) is 0 Å². The van der Waals surface area contributed by atoms with Crippen LogP contribution in [0.15, 0.2) is 28.8 Å². The molecule has 7 heteroatoms. The van der Waals surface area contributed by atoms with Gasteiger partial charge >= 0.3 is 5.97 Å². The van der Waals surface area contributed by atoms with Crippen molar-refractivity contribution in [3.63, 3.8) is 0 Å². The maximum atomic E-state index is 12.3. The monoisotopic (exact) mass is 388 g/mol. The van der Waals surface area contributed by atoms with Gasteiger partial charge in [0.15, 0.2) is 6.61 Å². The number of carbonyl (C=O) groups excluding carboxylic acids is 2. The second-order valence-corrected chi connectivity index (χ2v) is 7.18. The molecule has 2 aromatic rings. The second-order valence-electron chi connectivity index (χ2n) is 7.18. The lowest BCUT2D eigenvalue weighted by molar-refractivity contribution is -0.138. The lowest BCUT2D eigenvalue weighted by Gasteiger charge is -2.30. The van der Waals surface area contributed by atoms with Crippen LogP contribution in [-0.2, 0) is 16.1 Å². The summed E-state index contributed by atoms with van der Waals surface area (Å²) in [7, 11) is 0. The Labute approximate surface area is 165 Å². The Morgan fingerprint density at radius 1 is 1.14 bits per heavy atom. The van der Waals surface area contributed by atoms with Gasteiger partial charge in [-0.2, -0.15) is 0 Å². The van der Waals surface area contributed by atoms with Crippen LogP contribution in [0.3, 0.4) is 0 Å². The van der Waals surface area contributed by atoms with Gasteiger partial charge in [0.25, 0.3) is 5.91 Å². The number of hydrogen-bond donors (Lipinski definition) is 0. The summed E-state index contributed by atoms with van der Waals surface area (Å²) in [5, 5.41) is 3.89. The van der Waals surface area contributed by atoms with Crippen LogP contribution < -0.4 is 4.74 Å². The highest BCUT2D eigenvalue weighted by Gasteiger charge is 2.21. The fourth-order valence-electron chi connectivity index (χ4n) is 3.03. The molecular formula is C21H28N2O5. The minimum atomic E-state index is -0.566. The van der Waals surface area contributed by atoms with E-state index >= 15 is 0 Å². The van der Waals surface area contributed by atoms with Gasteiger partial charge < -0.3 is 18.9 Å². The summed E-state index contributed by atoms with van der Waals surface area (Å²) in [5.74, 6) is 0.436. The van der Waals surface area contributed by atoms with Gasteiger partial charge in [-0.25, -0.2) is 4.79 Å². The van der Waals surface area contributed by atoms with E-state index in [9.17, 15) is 9.59 Å². The SMILES string of the molecule is Cc1noc(C)c1COc1cccc(C(=O)OCC(=O)N(C(C)C)C(C)C)c1. The number of aryl methyl sites for hydroxylation is 2. The molecule has 0 radical (unpaired) electrons. The van der Waals surface area contributed by atoms with Crippen molar-refractivity contribution in [2.24, 2.45) is 0 Å². The van der Waals surface area contributed by atoms with Gasteiger partial charge in [-0.1, -0.05) is 11.2 Å². The number of aromatic nitrogens is 1. The number of nitrogens with zero attached hydrogens (tertiary/aromatic N) is 2. The molecule has 0 fully saturated rings. The van der Waals surface area contributed by atoms with Gasteiger partial charge in [-0.05, 0) is 59.7 Å². The van der Waals surface area contributed by atoms with Gasteiger partial charge in [0, 0.05) is 12.1 Å². The Bertz CT molecular complexity index is 798. The normalized spacial score (nSPS) is 11.0. The number of hydrogen-bond acceptors (Lipinski definition) is 6. The van der Waals surface area contributed by atoms with E-state index in [2.05, 4.69) is 5.16 Å². The Hall–Kier alpha value is -2.83. The minimum Gasteiger partial charge on any atom is -0.489 e. The Morgan fingerprint density at radius 3 is 2.39 bits per heavy atom. The highest BCUT2D eigenvalue weighted by molar-refractivity contribution is 5.91. The molecule has 2 rings (SSSR count). The van der Waals surface area contributed by atoms with Crippen molar-refractivity contribution in [2.45, 2.75) is 60.2 Å². The van der Waals surface area contributed by atoms with Crippen LogP contribution in [0.25, 0.3) is 0 Å². The minimum absolute atomic E-state index is 0.0345. The number of esters is 1. The van der Waals surface area contributed by atoms with E-state index in [4.69, 9.17) is 14.0 Å². The summed E-state index contributed by atoms with van der Waals surface area (Å²) in [6.45, 7) is 11.4. The highest BCUT2D eigenvalue weighted by atomic mass is 16.5. The smallest absolute Gasteiger partial charge is 0.338 e. The number of ether oxygens (including phenoxy) is 2. The zero-order valence-corrected chi connectivity index (χ0v) is 17.3. The fourth-order valence-corrected chi connectivity index (χ4v) is 3.03. The molecule has 0 spiro atoms. The third kappa shape index (κ3) is 5.34. The molecular weight excluding hydrogens is 360 g/mol. The number of benzene rings is 1. The van der Waals surface area contributed by atoms with Crippen LogP contribution in [0, 0.1) is 13.8 Å². The molecule has 0 saturated heterocycles. The van der Waals surface area contributed by atoms with Gasteiger partial charge in [0.1, 0.15) is 18.1 Å². The Morgan fingerprint density at radius 2 is 1.82 bits per heavy atom. The summed E-state index contributed by atoms with van der Waals surface area (Å²) in [6, 6.07) is 6.74. The van der Waals surface area contributed by atoms with Gasteiger partial charge in [0.2, 0.25) is 0 Å². The first-order valence-corrected chi connectivity index (χ1v) is 9.33. The van der Waals surface area contributed by atoms with Crippen molar-refractivity contribution in [1.82, 2.24) is 10.1 Å². The first kappa shape index (κ1) is 21.5. The Kier molecular flexibility index (Phi) is 7.20. The highest BCUT2D eigenvalue weighted by Crippen LogP contribution is 2.19. The molecule has 1 aromatic carbocycles. The predicted molar refractivity (Wildman–Crippen MR) is 104 cm³/mol. The van der Waals surface area contributed by atoms with E-state index in [1.54, 1.807) is 29.2 Å². The van der Waals surface area contributed by atoms with E-state index in [0.29, 0.717) is 17.1 Å². The maximum Gasteiger partial charge on any atom is 0.338 e. The van der Waals surface area contributed by atoms with Crippen molar-refractivity contribution in [2.75, 3.05) is 6.61 Å². The van der Waals surface area contributed by atoms with E-state index in [1.165, 1.54) is 0 Å². The molecule has 1 amide bonds. The molecule has 0 atom stereocenters. The molecule has 0 N–H and O–H groups in total. The molecule has 0 aliphatic rings. The third-order valence-electron chi connectivity index (χ3n) is 4.36. The molecule has 0 aliphatic heterocycles. The molecule has 1 heterocycles. The molecule has 0 unspecified atom stereocenters. The maximum absolute atomic E-state index is 12.3. The molecule has 0 aliphatic carbocycles. The largest absolute Gasteiger partial charge is 0.489 e. The van der Waals surface area contributed by atoms with Crippen molar-refractivity contribution >= 4 is 11.9 Å². The van der Waals surface area contributed by atoms with Gasteiger partial charge in [-0.3, -0.25) is 4.79 Å². The standard InChI is InChI=1S/C21H28N2O5/c1-13(2)23(14(3)4)20(24)12-27-21(25)17-8-7-9-18(10-17)26-11-19-15(5)22-28-16(19)6/h7-10,13-14H,11-12H2,1-6H3. The molecule has 1 aromatic heterocycles. The van der Waals surface area contributed by atoms with Crippen LogP contribution in [-0.4, -0.2) is 40.6 Å². The van der Waals surface area contributed by atoms with Crippen LogP contribution in [0.4, 0.5) is 0 Å². The average Bonchev–Trinajstić information content (AvgIpc) is 2.95. The average molecular weight is 388 g/mol. The van der Waals surface area contributed by atoms with Crippen LogP contribution >= 0.6 is 0 Å². The zero-order valence-electron chi connectivity index (χ0n) is 17.3. The third-order valence-corrected chi connectivity index (χ3v) is 4.36. The molecule has 152 valence electrons. The number of rotatable bonds is 8. The first-order chi connectivity index (χ1) is 13.2. The van der Waals surface area contributed by atoms with E-state index in [0.717, 1.165) is 11.3 Å². The van der Waals surface area contributed by atoms with E-state index in [1.807, 2.05) is 41.5 Å². The summed E-state index contributed by atoms with van der Waals surface area (Å²) < 4.78 is 16.1. The van der Waals surface area contributed by atoms with Crippen molar-refractivity contribution < 1.29 is 23.6 Å². The summed E-state index contributed by atoms with van der Waals surface area (Å²) in [4.78, 5) is 26.4. The molecule has 28 heavy (non-hydrogen) atoms. The molecule has 0 saturated carbocycles. The van der Waals surface area contributed by atoms with Gasteiger partial charge in [0.05, 0.1) is 16.8 Å². The van der Waals surface area contributed by atoms with E-state index in [-0.39, 0.29) is 31.2 Å². The lowest BCUT2D eigenvalue weighted by atomic mass is 10.2. The van der Waals surface area contributed by atoms with Crippen molar-refractivity contribution in [3.05, 3.63) is 46.8 Å². The lowest BCUT2D eigenvalue weighted by Crippen LogP contribution is -2.44. The first-order valence-electron chi connectivity index (χ1n) is 9.33. The molecule has 0 bridgehead atoms. The van der Waals surface area contributed by atoms with Crippen LogP contribution in [0.1, 0.15) is 55.1 Å². The summed E-state index contributed by atoms with van der Waals surface area (Å²) in [6.07, 6.45) is 0. The van der Waals surface area contributed by atoms with E-state index < -0.39 is 5.97 Å². The van der Waals surface area contributed by atoms with Crippen LogP contribution in [0.5, 0.6) is 5.75 Å². The van der Waals surface area contributed by atoms with Crippen LogP contribution in [0.2, 0.25) is 0 Å². The second kappa shape index (κ2) is 9.39. The number of carbonyl (C=O) groups is 2. The number of amides is 1. The molecule has 7 nitrogen and oxygen atoms in total. The fraction of sp³-hybridized carbons (Fsp3) is 0.476. The summed E-state index contributed by atoms with van der Waals surface area (Å²) in [5.41, 5.74) is 1.97. The van der Waals surface area contributed by atoms with Crippen molar-refractivity contribution in [3.8, 4) is 5.75 Å². The summed E-state index contributed by atoms with van der Waals surface area (Å²) >= 11 is 0. The Balaban J connectivity index is 1.97. The quantitative estimate of drug-likeness (QED) is 0.642. The van der Waals surface area contributed by atoms with Crippen molar-refractivity contribution in [1.29, 1.82) is 0 Å².